The number of benzene rings is 3. The van der Waals surface area contributed by atoms with Crippen LogP contribution in [0.4, 0.5) is 5.69 Å². The largest absolute Gasteiger partial charge is 0.497 e. The molecule has 1 N–H and O–H groups in total. The Hall–Kier alpha value is -3.95. The second-order valence-corrected chi connectivity index (χ2v) is 11.3. The Kier molecular flexibility index (Phi) is 9.62. The zero-order chi connectivity index (χ0) is 30.5. The summed E-state index contributed by atoms with van der Waals surface area (Å²) in [5.74, 6) is 0.654. The van der Waals surface area contributed by atoms with Gasteiger partial charge < -0.3 is 29.3 Å². The van der Waals surface area contributed by atoms with Crippen molar-refractivity contribution < 1.29 is 23.8 Å². The summed E-state index contributed by atoms with van der Waals surface area (Å²) in [5, 5.41) is 3.92. The van der Waals surface area contributed by atoms with Gasteiger partial charge in [0.25, 0.3) is 5.91 Å². The Balaban J connectivity index is 1.29. The van der Waals surface area contributed by atoms with E-state index >= 15 is 0 Å². The quantitative estimate of drug-likeness (QED) is 0.338. The molecule has 228 valence electrons. The highest BCUT2D eigenvalue weighted by atomic mass is 35.5. The summed E-state index contributed by atoms with van der Waals surface area (Å²) in [7, 11) is 6.42. The van der Waals surface area contributed by atoms with Crippen LogP contribution in [0.15, 0.2) is 60.7 Å². The van der Waals surface area contributed by atoms with Gasteiger partial charge in [0.1, 0.15) is 5.75 Å². The minimum absolute atomic E-state index is 0.139. The first-order chi connectivity index (χ1) is 20.8. The summed E-state index contributed by atoms with van der Waals surface area (Å²) in [4.78, 5) is 34.0. The van der Waals surface area contributed by atoms with Crippen LogP contribution in [-0.2, 0) is 4.79 Å². The fraction of sp³-hybridized carbons (Fsp3) is 0.394. The first kappa shape index (κ1) is 30.5. The van der Waals surface area contributed by atoms with Crippen LogP contribution in [-0.4, -0.2) is 89.3 Å². The first-order valence-corrected chi connectivity index (χ1v) is 14.9. The van der Waals surface area contributed by atoms with Gasteiger partial charge in [0, 0.05) is 56.0 Å². The maximum Gasteiger partial charge on any atom is 0.254 e. The number of hydrogen-bond donors (Lipinski definition) is 1. The van der Waals surface area contributed by atoms with Gasteiger partial charge in [-0.25, -0.2) is 0 Å². The molecule has 2 amide bonds. The number of anilines is 1. The van der Waals surface area contributed by atoms with Crippen molar-refractivity contribution >= 4 is 29.1 Å². The average Bonchev–Trinajstić information content (AvgIpc) is 3.04. The highest BCUT2D eigenvalue weighted by Crippen LogP contribution is 2.45. The SMILES string of the molecule is COc1ccc(C2C(C(=O)NCCCN3CCN(c4cccc(Cl)c4)CC3)c3cc(OC)c(OC)cc3C(=O)N2C)cc1. The number of methoxy groups -OCH3 is 3. The van der Waals surface area contributed by atoms with Crippen molar-refractivity contribution in [3.8, 4) is 17.2 Å². The van der Waals surface area contributed by atoms with Crippen LogP contribution < -0.4 is 24.4 Å². The number of nitrogens with one attached hydrogen (secondary N) is 1. The molecule has 1 fully saturated rings. The number of nitrogens with zero attached hydrogens (tertiary/aromatic N) is 3. The van der Waals surface area contributed by atoms with E-state index in [0.717, 1.165) is 55.4 Å². The summed E-state index contributed by atoms with van der Waals surface area (Å²) < 4.78 is 16.4. The second-order valence-electron chi connectivity index (χ2n) is 10.9. The molecule has 0 bridgehead atoms. The molecule has 0 aromatic heterocycles. The maximum atomic E-state index is 14.0. The number of rotatable bonds is 10. The molecule has 2 unspecified atom stereocenters. The van der Waals surface area contributed by atoms with Crippen LogP contribution in [0.1, 0.15) is 39.9 Å². The molecule has 2 atom stereocenters. The molecule has 5 rings (SSSR count). The van der Waals surface area contributed by atoms with Crippen molar-refractivity contribution in [2.75, 3.05) is 72.5 Å². The Morgan fingerprint density at radius 2 is 1.63 bits per heavy atom. The average molecular weight is 607 g/mol. The van der Waals surface area contributed by atoms with Gasteiger partial charge in [0.2, 0.25) is 5.91 Å². The van der Waals surface area contributed by atoms with Crippen LogP contribution in [0.5, 0.6) is 17.2 Å². The zero-order valence-corrected chi connectivity index (χ0v) is 25.9. The fourth-order valence-electron chi connectivity index (χ4n) is 6.08. The monoisotopic (exact) mass is 606 g/mol. The predicted octanol–water partition coefficient (Wildman–Crippen LogP) is 4.60. The van der Waals surface area contributed by atoms with E-state index in [1.807, 2.05) is 42.5 Å². The predicted molar refractivity (Wildman–Crippen MR) is 168 cm³/mol. The molecule has 0 radical (unpaired) electrons. The highest BCUT2D eigenvalue weighted by molar-refractivity contribution is 6.30. The lowest BCUT2D eigenvalue weighted by molar-refractivity contribution is -0.124. The molecule has 2 aliphatic heterocycles. The lowest BCUT2D eigenvalue weighted by Crippen LogP contribution is -2.47. The second kappa shape index (κ2) is 13.6. The third-order valence-corrected chi connectivity index (χ3v) is 8.65. The number of halogens is 1. The number of ether oxygens (including phenoxy) is 3. The Morgan fingerprint density at radius 3 is 2.28 bits per heavy atom. The molecular formula is C33H39ClN4O5. The van der Waals surface area contributed by atoms with E-state index in [0.29, 0.717) is 34.9 Å². The van der Waals surface area contributed by atoms with Gasteiger partial charge in [-0.05, 0) is 66.6 Å². The third-order valence-electron chi connectivity index (χ3n) is 8.41. The number of carbonyl (C=O) groups excluding carboxylic acids is 2. The standard InChI is InChI=1S/C33H39ClN4O5/c1-36-31(22-9-11-25(41-2)12-10-22)30(26-20-28(42-3)29(43-4)21-27(26)33(36)40)32(39)35-13-6-14-37-15-17-38(18-16-37)24-8-5-7-23(34)19-24/h5,7-12,19-21,30-31H,6,13-18H2,1-4H3,(H,35,39). The van der Waals surface area contributed by atoms with Crippen molar-refractivity contribution in [3.05, 3.63) is 82.4 Å². The van der Waals surface area contributed by atoms with Crippen LogP contribution in [0.2, 0.25) is 5.02 Å². The molecule has 1 saturated heterocycles. The number of hydrogen-bond acceptors (Lipinski definition) is 7. The molecule has 0 spiro atoms. The highest BCUT2D eigenvalue weighted by Gasteiger charge is 2.43. The van der Waals surface area contributed by atoms with Gasteiger partial charge in [-0.1, -0.05) is 29.8 Å². The number of carbonyl (C=O) groups is 2. The van der Waals surface area contributed by atoms with Crippen molar-refractivity contribution in [1.82, 2.24) is 15.1 Å². The van der Waals surface area contributed by atoms with Gasteiger partial charge >= 0.3 is 0 Å². The molecule has 2 heterocycles. The van der Waals surface area contributed by atoms with E-state index < -0.39 is 12.0 Å². The Morgan fingerprint density at radius 1 is 0.930 bits per heavy atom. The van der Waals surface area contributed by atoms with Crippen molar-refractivity contribution in [2.24, 2.45) is 0 Å². The van der Waals surface area contributed by atoms with E-state index in [-0.39, 0.29) is 11.8 Å². The van der Waals surface area contributed by atoms with E-state index in [1.54, 1.807) is 38.3 Å². The minimum Gasteiger partial charge on any atom is -0.497 e. The smallest absolute Gasteiger partial charge is 0.254 e. The normalized spacial score (nSPS) is 18.7. The van der Waals surface area contributed by atoms with Crippen LogP contribution in [0.3, 0.4) is 0 Å². The molecule has 2 aliphatic rings. The van der Waals surface area contributed by atoms with Gasteiger partial charge in [0.15, 0.2) is 11.5 Å². The lowest BCUT2D eigenvalue weighted by Gasteiger charge is -2.40. The molecule has 3 aromatic rings. The Bertz CT molecular complexity index is 1440. The number of piperazine rings is 1. The third kappa shape index (κ3) is 6.53. The summed E-state index contributed by atoms with van der Waals surface area (Å²) >= 11 is 6.18. The van der Waals surface area contributed by atoms with E-state index in [2.05, 4.69) is 21.2 Å². The molecule has 3 aromatic carbocycles. The zero-order valence-electron chi connectivity index (χ0n) is 25.1. The van der Waals surface area contributed by atoms with Crippen molar-refractivity contribution in [3.63, 3.8) is 0 Å². The molecular weight excluding hydrogens is 568 g/mol. The molecule has 9 nitrogen and oxygen atoms in total. The number of amides is 2. The van der Waals surface area contributed by atoms with Gasteiger partial charge in [-0.3, -0.25) is 14.5 Å². The van der Waals surface area contributed by atoms with Gasteiger partial charge in [0.05, 0.1) is 33.3 Å². The molecule has 10 heteroatoms. The first-order valence-electron chi connectivity index (χ1n) is 14.5. The summed E-state index contributed by atoms with van der Waals surface area (Å²) in [5.41, 5.74) is 3.05. The van der Waals surface area contributed by atoms with Gasteiger partial charge in [-0.15, -0.1) is 0 Å². The van der Waals surface area contributed by atoms with E-state index in [9.17, 15) is 9.59 Å². The molecule has 0 saturated carbocycles. The lowest BCUT2D eigenvalue weighted by atomic mass is 9.79. The molecule has 0 aliphatic carbocycles. The van der Waals surface area contributed by atoms with Crippen molar-refractivity contribution in [2.45, 2.75) is 18.4 Å². The van der Waals surface area contributed by atoms with E-state index in [1.165, 1.54) is 7.11 Å². The minimum atomic E-state index is -0.646. The van der Waals surface area contributed by atoms with Crippen LogP contribution in [0, 0.1) is 0 Å². The Labute approximate surface area is 258 Å². The number of likely N-dealkylation sites (N-methyl/N-ethyl adjacent to an activating group) is 1. The summed E-state index contributed by atoms with van der Waals surface area (Å²) in [6.45, 7) is 5.17. The fourth-order valence-corrected chi connectivity index (χ4v) is 6.26. The molecule has 43 heavy (non-hydrogen) atoms. The number of fused-ring (bicyclic) bond motifs is 1. The van der Waals surface area contributed by atoms with Gasteiger partial charge in [-0.2, -0.15) is 0 Å². The van der Waals surface area contributed by atoms with Crippen molar-refractivity contribution in [1.29, 1.82) is 0 Å². The summed E-state index contributed by atoms with van der Waals surface area (Å²) in [6.07, 6.45) is 0.816. The van der Waals surface area contributed by atoms with Crippen LogP contribution in [0.25, 0.3) is 0 Å². The van der Waals surface area contributed by atoms with E-state index in [4.69, 9.17) is 25.8 Å². The van der Waals surface area contributed by atoms with Crippen LogP contribution >= 0.6 is 11.6 Å². The topological polar surface area (TPSA) is 83.6 Å². The summed E-state index contributed by atoms with van der Waals surface area (Å²) in [6, 6.07) is 18.4. The maximum absolute atomic E-state index is 14.0.